The van der Waals surface area contributed by atoms with Gasteiger partial charge in [0.2, 0.25) is 10.0 Å². The van der Waals surface area contributed by atoms with Crippen LogP contribution in [0.3, 0.4) is 0 Å². The van der Waals surface area contributed by atoms with E-state index in [1.54, 1.807) is 6.07 Å². The Bertz CT molecular complexity index is 868. The number of piperazine rings is 1. The molecule has 1 atom stereocenters. The Morgan fingerprint density at radius 3 is 2.87 bits per heavy atom. The molecule has 0 saturated carbocycles. The SMILES string of the molecule is CC1CN(S(=O)(=O)c2ccc([N+](=O)[O-])c3cccnc23)CCN1. The van der Waals surface area contributed by atoms with E-state index >= 15 is 0 Å². The van der Waals surface area contributed by atoms with Crippen LogP contribution in [0.15, 0.2) is 35.4 Å². The molecule has 1 aromatic carbocycles. The van der Waals surface area contributed by atoms with Gasteiger partial charge in [-0.05, 0) is 25.1 Å². The number of hydrogen-bond donors (Lipinski definition) is 1. The summed E-state index contributed by atoms with van der Waals surface area (Å²) in [4.78, 5) is 14.7. The number of nitrogens with zero attached hydrogens (tertiary/aromatic N) is 3. The molecule has 2 aromatic rings. The normalized spacial score (nSPS) is 19.8. The molecule has 0 bridgehead atoms. The average Bonchev–Trinajstić information content (AvgIpc) is 2.53. The van der Waals surface area contributed by atoms with Gasteiger partial charge >= 0.3 is 0 Å². The first kappa shape index (κ1) is 15.8. The highest BCUT2D eigenvalue weighted by Crippen LogP contribution is 2.31. The van der Waals surface area contributed by atoms with Crippen LogP contribution in [0, 0.1) is 10.1 Å². The molecule has 0 spiro atoms. The molecule has 1 saturated heterocycles. The third-order valence-electron chi connectivity index (χ3n) is 3.86. The maximum absolute atomic E-state index is 12.9. The molecule has 23 heavy (non-hydrogen) atoms. The van der Waals surface area contributed by atoms with Crippen molar-refractivity contribution in [1.29, 1.82) is 0 Å². The summed E-state index contributed by atoms with van der Waals surface area (Å²) in [6.45, 7) is 3.19. The molecular formula is C14H16N4O4S. The van der Waals surface area contributed by atoms with Crippen LogP contribution in [-0.2, 0) is 10.0 Å². The first-order valence-corrected chi connectivity index (χ1v) is 8.61. The third-order valence-corrected chi connectivity index (χ3v) is 5.75. The fourth-order valence-corrected chi connectivity index (χ4v) is 4.43. The zero-order chi connectivity index (χ0) is 16.6. The van der Waals surface area contributed by atoms with E-state index in [1.165, 1.54) is 28.7 Å². The summed E-state index contributed by atoms with van der Waals surface area (Å²) >= 11 is 0. The summed E-state index contributed by atoms with van der Waals surface area (Å²) in [6, 6.07) is 5.62. The van der Waals surface area contributed by atoms with E-state index in [1.807, 2.05) is 6.92 Å². The van der Waals surface area contributed by atoms with Crippen molar-refractivity contribution in [3.05, 3.63) is 40.6 Å². The number of sulfonamides is 1. The van der Waals surface area contributed by atoms with Gasteiger partial charge in [0.05, 0.1) is 15.8 Å². The molecular weight excluding hydrogens is 320 g/mol. The molecule has 2 heterocycles. The lowest BCUT2D eigenvalue weighted by molar-refractivity contribution is -0.383. The minimum absolute atomic E-state index is 0.00722. The first-order chi connectivity index (χ1) is 10.9. The van der Waals surface area contributed by atoms with E-state index in [9.17, 15) is 18.5 Å². The number of fused-ring (bicyclic) bond motifs is 1. The van der Waals surface area contributed by atoms with Crippen molar-refractivity contribution in [2.24, 2.45) is 0 Å². The number of aromatic nitrogens is 1. The molecule has 9 heteroatoms. The third kappa shape index (κ3) is 2.78. The summed E-state index contributed by atoms with van der Waals surface area (Å²) < 4.78 is 27.2. The van der Waals surface area contributed by atoms with Crippen molar-refractivity contribution in [1.82, 2.24) is 14.6 Å². The van der Waals surface area contributed by atoms with E-state index in [4.69, 9.17) is 0 Å². The Morgan fingerprint density at radius 1 is 1.39 bits per heavy atom. The zero-order valence-corrected chi connectivity index (χ0v) is 13.3. The van der Waals surface area contributed by atoms with Gasteiger partial charge in [-0.2, -0.15) is 4.31 Å². The Balaban J connectivity index is 2.16. The number of nitrogens with one attached hydrogen (secondary N) is 1. The van der Waals surface area contributed by atoms with Crippen LogP contribution >= 0.6 is 0 Å². The van der Waals surface area contributed by atoms with Gasteiger partial charge < -0.3 is 5.32 Å². The molecule has 1 aliphatic heterocycles. The van der Waals surface area contributed by atoms with Gasteiger partial charge in [0.25, 0.3) is 5.69 Å². The number of nitro benzene ring substituents is 1. The van der Waals surface area contributed by atoms with Crippen LogP contribution in [0.5, 0.6) is 0 Å². The van der Waals surface area contributed by atoms with E-state index < -0.39 is 14.9 Å². The van der Waals surface area contributed by atoms with Crippen LogP contribution in [0.25, 0.3) is 10.9 Å². The molecule has 0 radical (unpaired) electrons. The topological polar surface area (TPSA) is 105 Å². The van der Waals surface area contributed by atoms with Gasteiger partial charge in [0, 0.05) is 37.9 Å². The van der Waals surface area contributed by atoms with Crippen LogP contribution in [0.1, 0.15) is 6.92 Å². The van der Waals surface area contributed by atoms with Gasteiger partial charge in [0.1, 0.15) is 4.90 Å². The van der Waals surface area contributed by atoms with E-state index in [0.717, 1.165) is 0 Å². The first-order valence-electron chi connectivity index (χ1n) is 7.17. The van der Waals surface area contributed by atoms with Crippen molar-refractivity contribution in [2.45, 2.75) is 17.9 Å². The second kappa shape index (κ2) is 5.84. The number of nitro groups is 1. The minimum atomic E-state index is -3.76. The number of non-ortho nitro benzene ring substituents is 1. The minimum Gasteiger partial charge on any atom is -0.312 e. The molecule has 0 aliphatic carbocycles. The maximum Gasteiger partial charge on any atom is 0.278 e. The zero-order valence-electron chi connectivity index (χ0n) is 12.5. The molecule has 1 N–H and O–H groups in total. The highest BCUT2D eigenvalue weighted by atomic mass is 32.2. The average molecular weight is 336 g/mol. The summed E-state index contributed by atoms with van der Waals surface area (Å²) in [7, 11) is -3.76. The van der Waals surface area contributed by atoms with Crippen molar-refractivity contribution in [3.63, 3.8) is 0 Å². The van der Waals surface area contributed by atoms with E-state index in [0.29, 0.717) is 19.6 Å². The van der Waals surface area contributed by atoms with Gasteiger partial charge in [-0.1, -0.05) is 0 Å². The lowest BCUT2D eigenvalue weighted by Crippen LogP contribution is -2.51. The molecule has 3 rings (SSSR count). The quantitative estimate of drug-likeness (QED) is 0.665. The molecule has 8 nitrogen and oxygen atoms in total. The molecule has 1 unspecified atom stereocenters. The highest BCUT2D eigenvalue weighted by Gasteiger charge is 2.31. The van der Waals surface area contributed by atoms with Crippen LogP contribution in [-0.4, -0.2) is 48.3 Å². The highest BCUT2D eigenvalue weighted by molar-refractivity contribution is 7.89. The summed E-state index contributed by atoms with van der Waals surface area (Å²) in [5.41, 5.74) is -0.0198. The van der Waals surface area contributed by atoms with Crippen molar-refractivity contribution < 1.29 is 13.3 Å². The fraction of sp³-hybridized carbons (Fsp3) is 0.357. The Morgan fingerprint density at radius 2 is 2.17 bits per heavy atom. The molecule has 1 aromatic heterocycles. The van der Waals surface area contributed by atoms with Crippen molar-refractivity contribution in [3.8, 4) is 0 Å². The Kier molecular flexibility index (Phi) is 4.00. The lowest BCUT2D eigenvalue weighted by atomic mass is 10.2. The predicted octanol–water partition coefficient (Wildman–Crippen LogP) is 1.13. The number of benzene rings is 1. The van der Waals surface area contributed by atoms with Crippen LogP contribution < -0.4 is 5.32 Å². The van der Waals surface area contributed by atoms with Crippen molar-refractivity contribution >= 4 is 26.6 Å². The largest absolute Gasteiger partial charge is 0.312 e. The van der Waals surface area contributed by atoms with Crippen LogP contribution in [0.2, 0.25) is 0 Å². The molecule has 1 aliphatic rings. The number of rotatable bonds is 3. The molecule has 1 fully saturated rings. The maximum atomic E-state index is 12.9. The summed E-state index contributed by atoms with van der Waals surface area (Å²) in [6.07, 6.45) is 1.44. The Labute approximate surface area is 133 Å². The summed E-state index contributed by atoms with van der Waals surface area (Å²) in [5.74, 6) is 0. The van der Waals surface area contributed by atoms with Gasteiger partial charge in [-0.3, -0.25) is 15.1 Å². The van der Waals surface area contributed by atoms with Crippen molar-refractivity contribution in [2.75, 3.05) is 19.6 Å². The smallest absolute Gasteiger partial charge is 0.278 e. The number of pyridine rings is 1. The second-order valence-corrected chi connectivity index (χ2v) is 7.36. The second-order valence-electron chi connectivity index (χ2n) is 5.46. The van der Waals surface area contributed by atoms with Gasteiger partial charge in [-0.25, -0.2) is 8.42 Å². The fourth-order valence-electron chi connectivity index (χ4n) is 2.75. The number of hydrogen-bond acceptors (Lipinski definition) is 6. The molecule has 0 amide bonds. The van der Waals surface area contributed by atoms with Crippen LogP contribution in [0.4, 0.5) is 5.69 Å². The lowest BCUT2D eigenvalue weighted by Gasteiger charge is -2.31. The van der Waals surface area contributed by atoms with E-state index in [-0.39, 0.29) is 27.5 Å². The standard InChI is InChI=1S/C14H16N4O4S/c1-10-9-17(8-7-15-10)23(21,22)13-5-4-12(18(19)20)11-3-2-6-16-14(11)13/h2-6,10,15H,7-9H2,1H3. The molecule has 122 valence electrons. The van der Waals surface area contributed by atoms with E-state index in [2.05, 4.69) is 10.3 Å². The monoisotopic (exact) mass is 336 g/mol. The predicted molar refractivity (Wildman–Crippen MR) is 84.6 cm³/mol. The van der Waals surface area contributed by atoms with Gasteiger partial charge in [0.15, 0.2) is 0 Å². The van der Waals surface area contributed by atoms with Gasteiger partial charge in [-0.15, -0.1) is 0 Å². The Hall–Kier alpha value is -2.10. The summed E-state index contributed by atoms with van der Waals surface area (Å²) in [5, 5.41) is 14.5.